The van der Waals surface area contributed by atoms with Crippen molar-refractivity contribution < 1.29 is 13.2 Å². The van der Waals surface area contributed by atoms with Gasteiger partial charge in [0.1, 0.15) is 0 Å². The molecular weight excluding hydrogens is 292 g/mol. The van der Waals surface area contributed by atoms with E-state index in [9.17, 15) is 13.2 Å². The molecule has 0 aliphatic carbocycles. The van der Waals surface area contributed by atoms with E-state index >= 15 is 0 Å². The Morgan fingerprint density at radius 1 is 1.31 bits per heavy atom. The van der Waals surface area contributed by atoms with E-state index in [1.165, 1.54) is 12.1 Å². The molecule has 0 bridgehead atoms. The molecule has 1 aromatic carbocycles. The first-order chi connectivity index (χ1) is 5.91. The fraction of sp³-hybridized carbons (Fsp3) is 0.111. The van der Waals surface area contributed by atoms with Crippen LogP contribution in [0.4, 0.5) is 13.2 Å². The lowest BCUT2D eigenvalue weighted by atomic mass is 10.1. The highest BCUT2D eigenvalue weighted by molar-refractivity contribution is 14.1. The number of benzene rings is 1. The van der Waals surface area contributed by atoms with Crippen LogP contribution in [-0.2, 0) is 0 Å². The molecule has 0 fully saturated rings. The fourth-order valence-electron chi connectivity index (χ4n) is 0.840. The molecule has 0 aromatic heterocycles. The lowest BCUT2D eigenvalue weighted by Gasteiger charge is -2.09. The molecule has 0 N–H and O–H groups in total. The van der Waals surface area contributed by atoms with Gasteiger partial charge in [0, 0.05) is 3.57 Å². The number of alkyl halides is 3. The first-order valence-electron chi connectivity index (χ1n) is 3.43. The smallest absolute Gasteiger partial charge is 0.166 e. The highest BCUT2D eigenvalue weighted by Crippen LogP contribution is 2.32. The molecule has 70 valence electrons. The van der Waals surface area contributed by atoms with Gasteiger partial charge in [0.2, 0.25) is 0 Å². The van der Waals surface area contributed by atoms with Crippen molar-refractivity contribution in [2.45, 2.75) is 6.18 Å². The number of rotatable bonds is 1. The Hall–Kier alpha value is -0.520. The molecule has 0 saturated heterocycles. The zero-order valence-corrected chi connectivity index (χ0v) is 8.69. The van der Waals surface area contributed by atoms with Crippen LogP contribution < -0.4 is 0 Å². The van der Waals surface area contributed by atoms with E-state index in [1.54, 1.807) is 12.1 Å². The standard InChI is InChI=1S/C9H6F3I/c1-6(9(10,11)12)7-3-2-4-8(13)5-7/h2-5H,1H2. The van der Waals surface area contributed by atoms with Crippen molar-refractivity contribution in [1.82, 2.24) is 0 Å². The quantitative estimate of drug-likeness (QED) is 0.691. The van der Waals surface area contributed by atoms with Crippen LogP contribution in [0.3, 0.4) is 0 Å². The van der Waals surface area contributed by atoms with Gasteiger partial charge < -0.3 is 0 Å². The second kappa shape index (κ2) is 3.69. The zero-order valence-electron chi connectivity index (χ0n) is 6.53. The summed E-state index contributed by atoms with van der Waals surface area (Å²) >= 11 is 1.96. The lowest BCUT2D eigenvalue weighted by molar-refractivity contribution is -0.0686. The van der Waals surface area contributed by atoms with E-state index in [0.29, 0.717) is 0 Å². The third-order valence-electron chi connectivity index (χ3n) is 1.52. The lowest BCUT2D eigenvalue weighted by Crippen LogP contribution is -2.09. The summed E-state index contributed by atoms with van der Waals surface area (Å²) in [7, 11) is 0. The molecule has 0 unspecified atom stereocenters. The zero-order chi connectivity index (χ0) is 10.1. The van der Waals surface area contributed by atoms with Crippen LogP contribution in [0.25, 0.3) is 5.57 Å². The number of hydrogen-bond acceptors (Lipinski definition) is 0. The average Bonchev–Trinajstić information content (AvgIpc) is 2.01. The first-order valence-corrected chi connectivity index (χ1v) is 4.51. The number of allylic oxidation sites excluding steroid dienone is 1. The van der Waals surface area contributed by atoms with Crippen molar-refractivity contribution in [3.05, 3.63) is 40.0 Å². The van der Waals surface area contributed by atoms with Crippen LogP contribution in [0.2, 0.25) is 0 Å². The van der Waals surface area contributed by atoms with Gasteiger partial charge in [-0.15, -0.1) is 0 Å². The Morgan fingerprint density at radius 2 is 1.92 bits per heavy atom. The minimum atomic E-state index is -4.34. The molecule has 0 atom stereocenters. The van der Waals surface area contributed by atoms with E-state index in [-0.39, 0.29) is 5.56 Å². The van der Waals surface area contributed by atoms with Crippen LogP contribution in [0.15, 0.2) is 30.8 Å². The molecule has 0 aliphatic rings. The van der Waals surface area contributed by atoms with Crippen molar-refractivity contribution in [2.24, 2.45) is 0 Å². The summed E-state index contributed by atoms with van der Waals surface area (Å²) in [5.41, 5.74) is -0.676. The molecule has 0 heterocycles. The van der Waals surface area contributed by atoms with E-state index in [4.69, 9.17) is 0 Å². The molecule has 0 saturated carbocycles. The third-order valence-corrected chi connectivity index (χ3v) is 2.19. The van der Waals surface area contributed by atoms with Crippen molar-refractivity contribution in [3.63, 3.8) is 0 Å². The summed E-state index contributed by atoms with van der Waals surface area (Å²) in [6, 6.07) is 6.16. The van der Waals surface area contributed by atoms with Crippen LogP contribution in [0.5, 0.6) is 0 Å². The molecule has 0 radical (unpaired) electrons. The van der Waals surface area contributed by atoms with Gasteiger partial charge in [-0.1, -0.05) is 18.7 Å². The first kappa shape index (κ1) is 10.6. The predicted molar refractivity (Wildman–Crippen MR) is 54.2 cm³/mol. The summed E-state index contributed by atoms with van der Waals surface area (Å²) in [4.78, 5) is 0. The molecule has 13 heavy (non-hydrogen) atoms. The molecule has 4 heteroatoms. The minimum absolute atomic E-state index is 0.124. The molecule has 0 spiro atoms. The van der Waals surface area contributed by atoms with Gasteiger partial charge in [-0.2, -0.15) is 13.2 Å². The maximum absolute atomic E-state index is 12.2. The maximum Gasteiger partial charge on any atom is 0.416 e. The summed E-state index contributed by atoms with van der Waals surface area (Å²) in [5.74, 6) is 0. The van der Waals surface area contributed by atoms with Crippen molar-refractivity contribution in [1.29, 1.82) is 0 Å². The van der Waals surface area contributed by atoms with Crippen LogP contribution in [-0.4, -0.2) is 6.18 Å². The van der Waals surface area contributed by atoms with E-state index in [0.717, 1.165) is 3.57 Å². The van der Waals surface area contributed by atoms with Gasteiger partial charge >= 0.3 is 6.18 Å². The van der Waals surface area contributed by atoms with Gasteiger partial charge in [-0.3, -0.25) is 0 Å². The molecular formula is C9H6F3I. The second-order valence-corrected chi connectivity index (χ2v) is 3.73. The Balaban J connectivity index is 3.03. The van der Waals surface area contributed by atoms with Crippen molar-refractivity contribution >= 4 is 28.2 Å². The number of hydrogen-bond donors (Lipinski definition) is 0. The summed E-state index contributed by atoms with van der Waals surface area (Å²) in [5, 5.41) is 0. The molecule has 1 aromatic rings. The molecule has 0 aliphatic heterocycles. The van der Waals surface area contributed by atoms with Gasteiger partial charge in [-0.25, -0.2) is 0 Å². The Labute approximate surface area is 87.6 Å². The third kappa shape index (κ3) is 2.72. The molecule has 0 amide bonds. The van der Waals surface area contributed by atoms with Crippen LogP contribution in [0.1, 0.15) is 5.56 Å². The fourth-order valence-corrected chi connectivity index (χ4v) is 1.38. The van der Waals surface area contributed by atoms with E-state index < -0.39 is 11.7 Å². The van der Waals surface area contributed by atoms with Gasteiger partial charge in [0.25, 0.3) is 0 Å². The van der Waals surface area contributed by atoms with Crippen LogP contribution >= 0.6 is 22.6 Å². The predicted octanol–water partition coefficient (Wildman–Crippen LogP) is 3.87. The largest absolute Gasteiger partial charge is 0.416 e. The highest BCUT2D eigenvalue weighted by atomic mass is 127. The summed E-state index contributed by atoms with van der Waals surface area (Å²) < 4.78 is 37.3. The molecule has 1 rings (SSSR count). The monoisotopic (exact) mass is 298 g/mol. The Bertz CT molecular complexity index is 328. The van der Waals surface area contributed by atoms with Gasteiger partial charge in [0.15, 0.2) is 0 Å². The Kier molecular flexibility index (Phi) is 3.00. The van der Waals surface area contributed by atoms with E-state index in [1.807, 2.05) is 22.6 Å². The highest BCUT2D eigenvalue weighted by Gasteiger charge is 2.32. The number of halogens is 4. The second-order valence-electron chi connectivity index (χ2n) is 2.49. The average molecular weight is 298 g/mol. The SMILES string of the molecule is C=C(c1cccc(I)c1)C(F)(F)F. The Morgan fingerprint density at radius 3 is 2.38 bits per heavy atom. The van der Waals surface area contributed by atoms with Crippen molar-refractivity contribution in [2.75, 3.05) is 0 Å². The summed E-state index contributed by atoms with van der Waals surface area (Å²) in [6.07, 6.45) is -4.34. The normalized spacial score (nSPS) is 11.4. The maximum atomic E-state index is 12.2. The van der Waals surface area contributed by atoms with E-state index in [2.05, 4.69) is 6.58 Å². The molecule has 0 nitrogen and oxygen atoms in total. The summed E-state index contributed by atoms with van der Waals surface area (Å²) in [6.45, 7) is 3.01. The van der Waals surface area contributed by atoms with Gasteiger partial charge in [0.05, 0.1) is 5.57 Å². The topological polar surface area (TPSA) is 0 Å². The van der Waals surface area contributed by atoms with Crippen molar-refractivity contribution in [3.8, 4) is 0 Å². The van der Waals surface area contributed by atoms with Crippen LogP contribution in [0, 0.1) is 3.57 Å². The minimum Gasteiger partial charge on any atom is -0.166 e. The van der Waals surface area contributed by atoms with Gasteiger partial charge in [-0.05, 0) is 40.3 Å².